The number of benzene rings is 1. The van der Waals surface area contributed by atoms with Crippen molar-refractivity contribution in [2.24, 2.45) is 5.14 Å². The van der Waals surface area contributed by atoms with E-state index in [-0.39, 0.29) is 18.0 Å². The second-order valence-electron chi connectivity index (χ2n) is 5.70. The Hall–Kier alpha value is -1.39. The summed E-state index contributed by atoms with van der Waals surface area (Å²) >= 11 is 11.8. The molecule has 2 atom stereocenters. The Morgan fingerprint density at radius 3 is 2.60 bits per heavy atom. The summed E-state index contributed by atoms with van der Waals surface area (Å²) in [7, 11) is -4.18. The van der Waals surface area contributed by atoms with Gasteiger partial charge in [0, 0.05) is 6.54 Å². The molecule has 1 fully saturated rings. The number of carboxylic acid groups (broad SMARTS) is 1. The predicted octanol–water partition coefficient (Wildman–Crippen LogP) is 0.773. The summed E-state index contributed by atoms with van der Waals surface area (Å²) in [5.41, 5.74) is 0.551. The second kappa shape index (κ2) is 7.88. The molecule has 2 rings (SSSR count). The Balaban J connectivity index is 2.27. The molecule has 1 heterocycles. The quantitative estimate of drug-likeness (QED) is 0.638. The molecule has 0 unspecified atom stereocenters. The van der Waals surface area contributed by atoms with Crippen molar-refractivity contribution in [3.05, 3.63) is 33.8 Å². The summed E-state index contributed by atoms with van der Waals surface area (Å²) in [6.45, 7) is 0.236. The van der Waals surface area contributed by atoms with E-state index in [9.17, 15) is 23.1 Å². The fraction of sp³-hybridized carbons (Fsp3) is 0.429. The van der Waals surface area contributed by atoms with Crippen LogP contribution in [-0.4, -0.2) is 48.9 Å². The van der Waals surface area contributed by atoms with E-state index in [0.29, 0.717) is 23.4 Å². The number of hydrogen-bond donors (Lipinski definition) is 3. The van der Waals surface area contributed by atoms with Gasteiger partial charge in [0.15, 0.2) is 0 Å². The van der Waals surface area contributed by atoms with Crippen molar-refractivity contribution in [1.82, 2.24) is 9.62 Å². The first-order valence-electron chi connectivity index (χ1n) is 7.36. The lowest BCUT2D eigenvalue weighted by molar-refractivity contribution is -0.148. The topological polar surface area (TPSA) is 130 Å². The molecule has 0 aliphatic carbocycles. The summed E-state index contributed by atoms with van der Waals surface area (Å²) < 4.78 is 24.9. The van der Waals surface area contributed by atoms with Crippen molar-refractivity contribution in [3.8, 4) is 0 Å². The van der Waals surface area contributed by atoms with E-state index < -0.39 is 34.2 Å². The van der Waals surface area contributed by atoms with Crippen molar-refractivity contribution >= 4 is 45.3 Å². The number of nitrogens with zero attached hydrogens (tertiary/aromatic N) is 1. The number of nitrogens with two attached hydrogens (primary N) is 1. The van der Waals surface area contributed by atoms with Gasteiger partial charge in [-0.2, -0.15) is 13.1 Å². The molecule has 0 radical (unpaired) electrons. The summed E-state index contributed by atoms with van der Waals surface area (Å²) in [6.07, 6.45) is 0.794. The first kappa shape index (κ1) is 19.9. The molecule has 1 aromatic carbocycles. The number of carbonyl (C=O) groups excluding carboxylic acids is 1. The van der Waals surface area contributed by atoms with E-state index in [1.54, 1.807) is 6.07 Å². The summed E-state index contributed by atoms with van der Waals surface area (Å²) in [5, 5.41) is 14.8. The Labute approximate surface area is 155 Å². The number of hydrogen-bond acceptors (Lipinski definition) is 4. The molecule has 0 saturated carbocycles. The minimum Gasteiger partial charge on any atom is -0.480 e. The molecule has 1 amide bonds. The van der Waals surface area contributed by atoms with E-state index in [1.807, 2.05) is 0 Å². The molecule has 138 valence electrons. The van der Waals surface area contributed by atoms with Gasteiger partial charge in [-0.1, -0.05) is 29.3 Å². The highest BCUT2D eigenvalue weighted by Gasteiger charge is 2.38. The fourth-order valence-corrected chi connectivity index (χ4v) is 3.67. The third kappa shape index (κ3) is 5.29. The molecule has 11 heteroatoms. The second-order valence-corrected chi connectivity index (χ2v) is 7.84. The lowest BCUT2D eigenvalue weighted by atomic mass is 10.1. The predicted molar refractivity (Wildman–Crippen MR) is 92.6 cm³/mol. The van der Waals surface area contributed by atoms with E-state index >= 15 is 0 Å². The highest BCUT2D eigenvalue weighted by atomic mass is 35.5. The molecule has 4 N–H and O–H groups in total. The molecule has 1 aromatic rings. The van der Waals surface area contributed by atoms with Crippen LogP contribution >= 0.6 is 23.2 Å². The first-order chi connectivity index (χ1) is 11.6. The smallest absolute Gasteiger partial charge is 0.326 e. The molecule has 25 heavy (non-hydrogen) atoms. The minimum absolute atomic E-state index is 0.0466. The monoisotopic (exact) mass is 409 g/mol. The van der Waals surface area contributed by atoms with Gasteiger partial charge in [-0.25, -0.2) is 9.93 Å². The molecular formula is C14H17Cl2N3O5S. The first-order valence-corrected chi connectivity index (χ1v) is 9.66. The number of amides is 1. The van der Waals surface area contributed by atoms with E-state index in [1.165, 1.54) is 12.1 Å². The number of carboxylic acids is 1. The number of carbonyl (C=O) groups is 2. The van der Waals surface area contributed by atoms with Crippen LogP contribution in [0.25, 0.3) is 0 Å². The highest BCUT2D eigenvalue weighted by molar-refractivity contribution is 7.87. The van der Waals surface area contributed by atoms with Gasteiger partial charge in [0.25, 0.3) is 10.2 Å². The molecule has 0 spiro atoms. The van der Waals surface area contributed by atoms with Crippen LogP contribution < -0.4 is 9.86 Å². The molecule has 1 saturated heterocycles. The SMILES string of the molecule is NS(=O)(=O)N[C@H](Cc1ccc(Cl)c(Cl)c1)C(=O)N1CCC[C@H]1C(=O)O. The number of rotatable bonds is 6. The van der Waals surface area contributed by atoms with Gasteiger partial charge in [0.05, 0.1) is 10.0 Å². The molecule has 1 aliphatic heterocycles. The van der Waals surface area contributed by atoms with Crippen molar-refractivity contribution in [2.45, 2.75) is 31.3 Å². The molecule has 0 bridgehead atoms. The van der Waals surface area contributed by atoms with E-state index in [2.05, 4.69) is 4.72 Å². The number of halogens is 2. The van der Waals surface area contributed by atoms with Crippen molar-refractivity contribution < 1.29 is 23.1 Å². The maximum Gasteiger partial charge on any atom is 0.326 e. The minimum atomic E-state index is -4.18. The fourth-order valence-electron chi connectivity index (χ4n) is 2.77. The third-order valence-electron chi connectivity index (χ3n) is 3.85. The van der Waals surface area contributed by atoms with E-state index in [4.69, 9.17) is 28.3 Å². The van der Waals surface area contributed by atoms with Crippen molar-refractivity contribution in [2.75, 3.05) is 6.54 Å². The summed E-state index contributed by atoms with van der Waals surface area (Å²) in [6, 6.07) is 2.40. The lowest BCUT2D eigenvalue weighted by Crippen LogP contribution is -2.53. The summed E-state index contributed by atoms with van der Waals surface area (Å²) in [4.78, 5) is 25.1. The van der Waals surface area contributed by atoms with Crippen LogP contribution in [0.15, 0.2) is 18.2 Å². The largest absolute Gasteiger partial charge is 0.480 e. The van der Waals surface area contributed by atoms with Gasteiger partial charge in [0.2, 0.25) is 5.91 Å². The van der Waals surface area contributed by atoms with Crippen LogP contribution in [0.2, 0.25) is 10.0 Å². The van der Waals surface area contributed by atoms with Crippen LogP contribution in [0.1, 0.15) is 18.4 Å². The van der Waals surface area contributed by atoms with Crippen LogP contribution in [0, 0.1) is 0 Å². The Kier molecular flexibility index (Phi) is 6.28. The van der Waals surface area contributed by atoms with Crippen LogP contribution in [-0.2, 0) is 26.2 Å². The van der Waals surface area contributed by atoms with Crippen LogP contribution in [0.5, 0.6) is 0 Å². The molecule has 8 nitrogen and oxygen atoms in total. The maximum absolute atomic E-state index is 12.7. The maximum atomic E-state index is 12.7. The molecule has 0 aromatic heterocycles. The molecule has 1 aliphatic rings. The van der Waals surface area contributed by atoms with Gasteiger partial charge in [-0.15, -0.1) is 0 Å². The number of nitrogens with one attached hydrogen (secondary N) is 1. The Bertz CT molecular complexity index is 787. The summed E-state index contributed by atoms with van der Waals surface area (Å²) in [5.74, 6) is -1.78. The standard InChI is InChI=1S/C14H17Cl2N3O5S/c15-9-4-3-8(6-10(9)16)7-11(18-25(17,23)24)13(20)19-5-1-2-12(19)14(21)22/h3-4,6,11-12,18H,1-2,5,7H2,(H,21,22)(H2,17,23,24)/t11-,12+/m1/s1. The zero-order valence-corrected chi connectivity index (χ0v) is 15.3. The number of likely N-dealkylation sites (tertiary alicyclic amines) is 1. The molecular weight excluding hydrogens is 393 g/mol. The number of aliphatic carboxylic acids is 1. The van der Waals surface area contributed by atoms with E-state index in [0.717, 1.165) is 4.90 Å². The lowest BCUT2D eigenvalue weighted by Gasteiger charge is -2.27. The van der Waals surface area contributed by atoms with Gasteiger partial charge >= 0.3 is 5.97 Å². The Morgan fingerprint density at radius 1 is 1.36 bits per heavy atom. The van der Waals surface area contributed by atoms with Crippen molar-refractivity contribution in [1.29, 1.82) is 0 Å². The zero-order valence-electron chi connectivity index (χ0n) is 13.0. The third-order valence-corrected chi connectivity index (χ3v) is 5.20. The Morgan fingerprint density at radius 2 is 2.04 bits per heavy atom. The van der Waals surface area contributed by atoms with Gasteiger partial charge in [-0.3, -0.25) is 4.79 Å². The van der Waals surface area contributed by atoms with Gasteiger partial charge < -0.3 is 10.0 Å². The highest BCUT2D eigenvalue weighted by Crippen LogP contribution is 2.24. The average Bonchev–Trinajstić information content (AvgIpc) is 2.98. The van der Waals surface area contributed by atoms with Gasteiger partial charge in [0.1, 0.15) is 12.1 Å². The van der Waals surface area contributed by atoms with Crippen molar-refractivity contribution in [3.63, 3.8) is 0 Å². The zero-order chi connectivity index (χ0) is 18.8. The van der Waals surface area contributed by atoms with Crippen LogP contribution in [0.3, 0.4) is 0 Å². The van der Waals surface area contributed by atoms with Crippen LogP contribution in [0.4, 0.5) is 0 Å². The average molecular weight is 410 g/mol. The van der Waals surface area contributed by atoms with Gasteiger partial charge in [-0.05, 0) is 37.0 Å². The normalized spacial score (nSPS) is 19.0.